The van der Waals surface area contributed by atoms with Crippen LogP contribution in [0, 0.1) is 0 Å². The van der Waals surface area contributed by atoms with E-state index in [1.807, 2.05) is 35.6 Å². The number of nitrogens with zero attached hydrogens (tertiary/aromatic N) is 2. The van der Waals surface area contributed by atoms with Crippen molar-refractivity contribution in [3.63, 3.8) is 0 Å². The summed E-state index contributed by atoms with van der Waals surface area (Å²) in [4.78, 5) is 17.3. The molecule has 2 aromatic heterocycles. The number of carbonyl (C=O) groups excluding carboxylic acids is 1. The largest absolute Gasteiger partial charge is 0.338 e. The monoisotopic (exact) mass is 467 g/mol. The number of thiophene rings is 1. The summed E-state index contributed by atoms with van der Waals surface area (Å²) in [5.74, 6) is 0. The molecule has 6 rings (SSSR count). The first-order chi connectivity index (χ1) is 16.8. The van der Waals surface area contributed by atoms with Crippen LogP contribution >= 0.6 is 11.3 Å². The van der Waals surface area contributed by atoms with Gasteiger partial charge in [-0.25, -0.2) is 4.79 Å². The molecule has 172 valence electrons. The SMILES string of the molecule is O=C(NCCc1ccccc1)N1Cc2c(sc3c2CCCC3)-n2cccc2C1c1ccccc1. The Balaban J connectivity index is 1.38. The highest BCUT2D eigenvalue weighted by atomic mass is 32.1. The molecule has 4 aromatic rings. The Morgan fingerprint density at radius 2 is 1.68 bits per heavy atom. The number of aromatic nitrogens is 1. The zero-order valence-electron chi connectivity index (χ0n) is 19.2. The lowest BCUT2D eigenvalue weighted by Crippen LogP contribution is -2.42. The highest BCUT2D eigenvalue weighted by molar-refractivity contribution is 7.15. The van der Waals surface area contributed by atoms with Crippen LogP contribution in [0.25, 0.3) is 5.00 Å². The van der Waals surface area contributed by atoms with Crippen molar-refractivity contribution < 1.29 is 4.79 Å². The number of hydrogen-bond acceptors (Lipinski definition) is 2. The lowest BCUT2D eigenvalue weighted by molar-refractivity contribution is 0.180. The Morgan fingerprint density at radius 1 is 0.912 bits per heavy atom. The van der Waals surface area contributed by atoms with Gasteiger partial charge in [0.1, 0.15) is 5.00 Å². The minimum Gasteiger partial charge on any atom is -0.338 e. The number of rotatable bonds is 4. The van der Waals surface area contributed by atoms with Crippen LogP contribution in [0.4, 0.5) is 4.79 Å². The van der Waals surface area contributed by atoms with E-state index in [9.17, 15) is 4.79 Å². The molecule has 3 heterocycles. The summed E-state index contributed by atoms with van der Waals surface area (Å²) in [5, 5.41) is 4.53. The van der Waals surface area contributed by atoms with Gasteiger partial charge >= 0.3 is 6.03 Å². The zero-order valence-corrected chi connectivity index (χ0v) is 20.1. The summed E-state index contributed by atoms with van der Waals surface area (Å²) in [7, 11) is 0. The molecule has 1 N–H and O–H groups in total. The third-order valence-electron chi connectivity index (χ3n) is 7.09. The summed E-state index contributed by atoms with van der Waals surface area (Å²) in [6.07, 6.45) is 7.78. The van der Waals surface area contributed by atoms with Crippen LogP contribution in [0.15, 0.2) is 79.0 Å². The maximum Gasteiger partial charge on any atom is 0.318 e. The summed E-state index contributed by atoms with van der Waals surface area (Å²) in [6.45, 7) is 1.26. The first-order valence-corrected chi connectivity index (χ1v) is 13.1. The van der Waals surface area contributed by atoms with Crippen molar-refractivity contribution in [2.45, 2.75) is 44.7 Å². The molecule has 0 fully saturated rings. The van der Waals surface area contributed by atoms with Crippen molar-refractivity contribution in [2.24, 2.45) is 0 Å². The number of amides is 2. The molecular formula is C29H29N3OS. The fourth-order valence-corrected chi connectivity index (χ4v) is 6.84. The Kier molecular flexibility index (Phi) is 5.71. The second-order valence-electron chi connectivity index (χ2n) is 9.21. The highest BCUT2D eigenvalue weighted by Gasteiger charge is 2.35. The number of fused-ring (bicyclic) bond motifs is 5. The van der Waals surface area contributed by atoms with Gasteiger partial charge in [-0.3, -0.25) is 0 Å². The molecule has 0 radical (unpaired) electrons. The van der Waals surface area contributed by atoms with Crippen LogP contribution in [0.5, 0.6) is 0 Å². The van der Waals surface area contributed by atoms with E-state index >= 15 is 0 Å². The zero-order chi connectivity index (χ0) is 22.9. The number of hydrogen-bond donors (Lipinski definition) is 1. The van der Waals surface area contributed by atoms with Gasteiger partial charge in [-0.05, 0) is 60.9 Å². The Morgan fingerprint density at radius 3 is 2.50 bits per heavy atom. The molecule has 1 aliphatic heterocycles. The molecule has 1 atom stereocenters. The van der Waals surface area contributed by atoms with Gasteiger partial charge in [-0.1, -0.05) is 60.7 Å². The maximum absolute atomic E-state index is 13.8. The first-order valence-electron chi connectivity index (χ1n) is 12.2. The van der Waals surface area contributed by atoms with Gasteiger partial charge in [0.2, 0.25) is 0 Å². The fourth-order valence-electron chi connectivity index (χ4n) is 5.43. The molecular weight excluding hydrogens is 438 g/mol. The van der Waals surface area contributed by atoms with Gasteiger partial charge in [0.05, 0.1) is 18.3 Å². The van der Waals surface area contributed by atoms with Gasteiger partial charge in [0, 0.05) is 23.2 Å². The van der Waals surface area contributed by atoms with Gasteiger partial charge in [0.15, 0.2) is 0 Å². The smallest absolute Gasteiger partial charge is 0.318 e. The highest BCUT2D eigenvalue weighted by Crippen LogP contribution is 2.43. The topological polar surface area (TPSA) is 37.3 Å². The average molecular weight is 468 g/mol. The van der Waals surface area contributed by atoms with Crippen molar-refractivity contribution in [2.75, 3.05) is 6.54 Å². The molecule has 5 heteroatoms. The molecule has 0 bridgehead atoms. The summed E-state index contributed by atoms with van der Waals surface area (Å²) >= 11 is 1.93. The molecule has 1 unspecified atom stereocenters. The summed E-state index contributed by atoms with van der Waals surface area (Å²) in [6, 6.07) is 25.0. The van der Waals surface area contributed by atoms with E-state index in [2.05, 4.69) is 69.5 Å². The van der Waals surface area contributed by atoms with Crippen molar-refractivity contribution in [1.29, 1.82) is 0 Å². The van der Waals surface area contributed by atoms with Crippen molar-refractivity contribution in [3.05, 3.63) is 112 Å². The average Bonchev–Trinajstić information content (AvgIpc) is 3.47. The van der Waals surface area contributed by atoms with Crippen LogP contribution in [-0.2, 0) is 25.8 Å². The lowest BCUT2D eigenvalue weighted by atomic mass is 9.95. The second-order valence-corrected chi connectivity index (χ2v) is 10.3. The molecule has 34 heavy (non-hydrogen) atoms. The number of nitrogens with one attached hydrogen (secondary N) is 1. The second kappa shape index (κ2) is 9.15. The molecule has 2 aliphatic rings. The molecule has 4 nitrogen and oxygen atoms in total. The van der Waals surface area contributed by atoms with Crippen LogP contribution in [0.2, 0.25) is 0 Å². The number of benzene rings is 2. The third kappa shape index (κ3) is 3.84. The quantitative estimate of drug-likeness (QED) is 0.377. The molecule has 1 aliphatic carbocycles. The van der Waals surface area contributed by atoms with Crippen LogP contribution < -0.4 is 5.32 Å². The molecule has 0 saturated carbocycles. The van der Waals surface area contributed by atoms with Crippen LogP contribution in [0.3, 0.4) is 0 Å². The van der Waals surface area contributed by atoms with Crippen LogP contribution in [-0.4, -0.2) is 22.0 Å². The van der Waals surface area contributed by atoms with Gasteiger partial charge in [-0.2, -0.15) is 0 Å². The molecule has 0 spiro atoms. The van der Waals surface area contributed by atoms with E-state index in [-0.39, 0.29) is 12.1 Å². The predicted molar refractivity (Wildman–Crippen MR) is 138 cm³/mol. The van der Waals surface area contributed by atoms with E-state index < -0.39 is 0 Å². The summed E-state index contributed by atoms with van der Waals surface area (Å²) in [5.41, 5.74) is 6.36. The van der Waals surface area contributed by atoms with Gasteiger partial charge < -0.3 is 14.8 Å². The van der Waals surface area contributed by atoms with E-state index in [1.54, 1.807) is 0 Å². The lowest BCUT2D eigenvalue weighted by Gasteiger charge is -2.31. The van der Waals surface area contributed by atoms with Crippen molar-refractivity contribution in [1.82, 2.24) is 14.8 Å². The maximum atomic E-state index is 13.8. The van der Waals surface area contributed by atoms with E-state index in [1.165, 1.54) is 39.4 Å². The Labute approximate surface area is 204 Å². The minimum absolute atomic E-state index is 0.00106. The molecule has 2 amide bonds. The molecule has 0 saturated heterocycles. The predicted octanol–water partition coefficient (Wildman–Crippen LogP) is 6.27. The van der Waals surface area contributed by atoms with Crippen molar-refractivity contribution in [3.8, 4) is 5.00 Å². The fraction of sp³-hybridized carbons (Fsp3) is 0.276. The first kappa shape index (κ1) is 21.2. The van der Waals surface area contributed by atoms with E-state index in [0.29, 0.717) is 13.1 Å². The van der Waals surface area contributed by atoms with Crippen molar-refractivity contribution >= 4 is 17.4 Å². The summed E-state index contributed by atoms with van der Waals surface area (Å²) < 4.78 is 2.34. The third-order valence-corrected chi connectivity index (χ3v) is 8.42. The number of aryl methyl sites for hydroxylation is 1. The Bertz CT molecular complexity index is 1290. The Hall–Kier alpha value is -3.31. The van der Waals surface area contributed by atoms with Crippen LogP contribution in [0.1, 0.15) is 51.7 Å². The van der Waals surface area contributed by atoms with E-state index in [0.717, 1.165) is 30.5 Å². The number of carbonyl (C=O) groups is 1. The standard InChI is InChI=1S/C29H29N3OS/c33-29(30-18-17-21-10-3-1-4-11-21)32-20-24-23-14-7-8-16-26(23)34-28(24)31-19-9-15-25(31)27(32)22-12-5-2-6-13-22/h1-6,9-13,15,19,27H,7-8,14,16-18,20H2,(H,30,33). The number of urea groups is 1. The van der Waals surface area contributed by atoms with Gasteiger partial charge in [-0.15, -0.1) is 11.3 Å². The van der Waals surface area contributed by atoms with E-state index in [4.69, 9.17) is 0 Å². The molecule has 2 aromatic carbocycles. The van der Waals surface area contributed by atoms with Gasteiger partial charge in [0.25, 0.3) is 0 Å². The normalized spacial score (nSPS) is 16.8. The minimum atomic E-state index is -0.133.